The lowest BCUT2D eigenvalue weighted by atomic mass is 10.2. The van der Waals surface area contributed by atoms with E-state index in [-0.39, 0.29) is 5.91 Å². The Kier molecular flexibility index (Phi) is 6.33. The molecule has 0 fully saturated rings. The quantitative estimate of drug-likeness (QED) is 0.835. The van der Waals surface area contributed by atoms with Crippen molar-refractivity contribution in [2.45, 2.75) is 26.7 Å². The molecule has 1 aromatic carbocycles. The fraction of sp³-hybridized carbons (Fsp3) is 0.421. The number of aromatic nitrogens is 2. The predicted molar refractivity (Wildman–Crippen MR) is 103 cm³/mol. The highest BCUT2D eigenvalue weighted by molar-refractivity contribution is 5.92. The Morgan fingerprint density at radius 2 is 1.80 bits per heavy atom. The third-order valence-electron chi connectivity index (χ3n) is 3.91. The number of hydrogen-bond acceptors (Lipinski definition) is 5. The summed E-state index contributed by atoms with van der Waals surface area (Å²) in [5, 5.41) is 3.18. The normalized spacial score (nSPS) is 10.4. The van der Waals surface area contributed by atoms with Crippen LogP contribution in [-0.4, -0.2) is 48.5 Å². The Morgan fingerprint density at radius 1 is 1.12 bits per heavy atom. The zero-order valence-electron chi connectivity index (χ0n) is 15.7. The van der Waals surface area contributed by atoms with Crippen LogP contribution in [-0.2, 0) is 0 Å². The molecule has 25 heavy (non-hydrogen) atoms. The minimum Gasteiger partial charge on any atom is -0.378 e. The molecule has 2 aromatic rings. The highest BCUT2D eigenvalue weighted by Gasteiger charge is 2.15. The van der Waals surface area contributed by atoms with E-state index in [0.717, 1.165) is 36.5 Å². The van der Waals surface area contributed by atoms with Crippen molar-refractivity contribution in [1.29, 1.82) is 0 Å². The van der Waals surface area contributed by atoms with Crippen molar-refractivity contribution in [1.82, 2.24) is 14.9 Å². The van der Waals surface area contributed by atoms with Gasteiger partial charge in [0, 0.05) is 44.8 Å². The zero-order chi connectivity index (χ0) is 18.4. The van der Waals surface area contributed by atoms with E-state index in [2.05, 4.69) is 22.2 Å². The van der Waals surface area contributed by atoms with Crippen LogP contribution in [0.3, 0.4) is 0 Å². The molecule has 6 heteroatoms. The SMILES string of the molecule is CCCCN(C)C(=O)c1cc(C)nc(Nc2ccc(N(C)C)cc2)n1. The summed E-state index contributed by atoms with van der Waals surface area (Å²) in [4.78, 5) is 25.1. The predicted octanol–water partition coefficient (Wildman–Crippen LogP) is 3.47. The molecular weight excluding hydrogens is 314 g/mol. The second-order valence-corrected chi connectivity index (χ2v) is 6.36. The monoisotopic (exact) mass is 341 g/mol. The largest absolute Gasteiger partial charge is 0.378 e. The average Bonchev–Trinajstić information content (AvgIpc) is 2.59. The summed E-state index contributed by atoms with van der Waals surface area (Å²) < 4.78 is 0. The molecule has 134 valence electrons. The van der Waals surface area contributed by atoms with Gasteiger partial charge in [0.15, 0.2) is 0 Å². The lowest BCUT2D eigenvalue weighted by Gasteiger charge is -2.17. The fourth-order valence-corrected chi connectivity index (χ4v) is 2.40. The lowest BCUT2D eigenvalue weighted by molar-refractivity contribution is 0.0787. The number of unbranched alkanes of at least 4 members (excludes halogenated alkanes) is 1. The van der Waals surface area contributed by atoms with Gasteiger partial charge in [0.05, 0.1) is 0 Å². The Labute approximate surface area is 149 Å². The number of anilines is 3. The molecule has 0 saturated heterocycles. The molecule has 0 aliphatic carbocycles. The van der Waals surface area contributed by atoms with Crippen LogP contribution >= 0.6 is 0 Å². The third kappa shape index (κ3) is 5.17. The smallest absolute Gasteiger partial charge is 0.272 e. The van der Waals surface area contributed by atoms with Gasteiger partial charge in [0.25, 0.3) is 5.91 Å². The number of amides is 1. The number of hydrogen-bond donors (Lipinski definition) is 1. The van der Waals surface area contributed by atoms with Crippen LogP contribution in [0.5, 0.6) is 0 Å². The number of nitrogens with one attached hydrogen (secondary N) is 1. The maximum absolute atomic E-state index is 12.5. The van der Waals surface area contributed by atoms with Crippen LogP contribution in [0.4, 0.5) is 17.3 Å². The van der Waals surface area contributed by atoms with Gasteiger partial charge < -0.3 is 15.1 Å². The van der Waals surface area contributed by atoms with Crippen LogP contribution in [0.2, 0.25) is 0 Å². The molecule has 0 bridgehead atoms. The fourth-order valence-electron chi connectivity index (χ4n) is 2.40. The highest BCUT2D eigenvalue weighted by atomic mass is 16.2. The maximum atomic E-state index is 12.5. The number of benzene rings is 1. The first kappa shape index (κ1) is 18.7. The van der Waals surface area contributed by atoms with Gasteiger partial charge in [-0.3, -0.25) is 4.79 Å². The number of rotatable bonds is 7. The van der Waals surface area contributed by atoms with E-state index in [9.17, 15) is 4.79 Å². The Morgan fingerprint density at radius 3 is 2.40 bits per heavy atom. The summed E-state index contributed by atoms with van der Waals surface area (Å²) in [6, 6.07) is 9.70. The summed E-state index contributed by atoms with van der Waals surface area (Å²) in [7, 11) is 5.81. The van der Waals surface area contributed by atoms with Crippen LogP contribution in [0.1, 0.15) is 35.9 Å². The van der Waals surface area contributed by atoms with Crippen molar-refractivity contribution in [3.05, 3.63) is 41.7 Å². The molecule has 0 aliphatic heterocycles. The van der Waals surface area contributed by atoms with Crippen molar-refractivity contribution in [3.63, 3.8) is 0 Å². The summed E-state index contributed by atoms with van der Waals surface area (Å²) in [6.45, 7) is 4.70. The number of carbonyl (C=O) groups excluding carboxylic acids is 1. The van der Waals surface area contributed by atoms with Crippen molar-refractivity contribution < 1.29 is 4.79 Å². The zero-order valence-corrected chi connectivity index (χ0v) is 15.7. The van der Waals surface area contributed by atoms with E-state index in [1.807, 2.05) is 57.2 Å². The molecule has 2 rings (SSSR count). The first-order valence-electron chi connectivity index (χ1n) is 8.56. The average molecular weight is 341 g/mol. The van der Waals surface area contributed by atoms with Crippen molar-refractivity contribution >= 4 is 23.2 Å². The molecule has 1 N–H and O–H groups in total. The van der Waals surface area contributed by atoms with Gasteiger partial charge in [0.2, 0.25) is 5.95 Å². The number of aryl methyl sites for hydroxylation is 1. The molecule has 0 saturated carbocycles. The summed E-state index contributed by atoms with van der Waals surface area (Å²) in [5.41, 5.74) is 3.17. The van der Waals surface area contributed by atoms with Crippen LogP contribution in [0, 0.1) is 6.92 Å². The van der Waals surface area contributed by atoms with Gasteiger partial charge in [-0.25, -0.2) is 9.97 Å². The first-order valence-corrected chi connectivity index (χ1v) is 8.56. The van der Waals surface area contributed by atoms with Crippen LogP contribution < -0.4 is 10.2 Å². The van der Waals surface area contributed by atoms with E-state index in [0.29, 0.717) is 11.6 Å². The van der Waals surface area contributed by atoms with Gasteiger partial charge in [-0.05, 0) is 43.7 Å². The third-order valence-corrected chi connectivity index (χ3v) is 3.91. The van der Waals surface area contributed by atoms with Gasteiger partial charge in [-0.1, -0.05) is 13.3 Å². The summed E-state index contributed by atoms with van der Waals surface area (Å²) in [6.07, 6.45) is 2.03. The van der Waals surface area contributed by atoms with Crippen molar-refractivity contribution in [2.75, 3.05) is 37.9 Å². The van der Waals surface area contributed by atoms with Crippen molar-refractivity contribution in [2.24, 2.45) is 0 Å². The molecule has 6 nitrogen and oxygen atoms in total. The van der Waals surface area contributed by atoms with Gasteiger partial charge in [-0.15, -0.1) is 0 Å². The topological polar surface area (TPSA) is 61.4 Å². The highest BCUT2D eigenvalue weighted by Crippen LogP contribution is 2.19. The minimum absolute atomic E-state index is 0.0787. The van der Waals surface area contributed by atoms with E-state index in [1.54, 1.807) is 11.0 Å². The van der Waals surface area contributed by atoms with Gasteiger partial charge in [0.1, 0.15) is 5.69 Å². The maximum Gasteiger partial charge on any atom is 0.272 e. The molecule has 0 unspecified atom stereocenters. The van der Waals surface area contributed by atoms with E-state index >= 15 is 0 Å². The number of nitrogens with zero attached hydrogens (tertiary/aromatic N) is 4. The van der Waals surface area contributed by atoms with Crippen LogP contribution in [0.15, 0.2) is 30.3 Å². The van der Waals surface area contributed by atoms with E-state index in [4.69, 9.17) is 0 Å². The standard InChI is InChI=1S/C19H27N5O/c1-6-7-12-24(5)18(25)17-13-14(2)20-19(22-17)21-15-8-10-16(11-9-15)23(3)4/h8-11,13H,6-7,12H2,1-5H3,(H,20,21,22). The summed E-state index contributed by atoms with van der Waals surface area (Å²) >= 11 is 0. The minimum atomic E-state index is -0.0787. The molecule has 0 atom stereocenters. The summed E-state index contributed by atoms with van der Waals surface area (Å²) in [5.74, 6) is 0.356. The molecular formula is C19H27N5O. The van der Waals surface area contributed by atoms with Gasteiger partial charge >= 0.3 is 0 Å². The molecule has 0 aliphatic rings. The Hall–Kier alpha value is -2.63. The lowest BCUT2D eigenvalue weighted by Crippen LogP contribution is -2.28. The van der Waals surface area contributed by atoms with Gasteiger partial charge in [-0.2, -0.15) is 0 Å². The molecule has 0 spiro atoms. The molecule has 1 heterocycles. The Balaban J connectivity index is 2.16. The van der Waals surface area contributed by atoms with Crippen molar-refractivity contribution in [3.8, 4) is 0 Å². The second kappa shape index (κ2) is 8.46. The number of carbonyl (C=O) groups is 1. The van der Waals surface area contributed by atoms with E-state index < -0.39 is 0 Å². The molecule has 0 radical (unpaired) electrons. The second-order valence-electron chi connectivity index (χ2n) is 6.36. The first-order chi connectivity index (χ1) is 11.9. The molecule has 1 aromatic heterocycles. The van der Waals surface area contributed by atoms with Crippen LogP contribution in [0.25, 0.3) is 0 Å². The molecule has 1 amide bonds. The Bertz CT molecular complexity index is 712. The van der Waals surface area contributed by atoms with E-state index in [1.165, 1.54) is 0 Å².